The minimum atomic E-state index is -0.510. The number of ether oxygens (including phenoxy) is 2. The number of nitrogens with zero attached hydrogens (tertiary/aromatic N) is 3. The van der Waals surface area contributed by atoms with E-state index in [9.17, 15) is 4.79 Å². The van der Waals surface area contributed by atoms with Gasteiger partial charge in [-0.15, -0.1) is 10.2 Å². The van der Waals surface area contributed by atoms with Crippen molar-refractivity contribution in [1.82, 2.24) is 10.2 Å². The van der Waals surface area contributed by atoms with Crippen molar-refractivity contribution in [3.05, 3.63) is 60.0 Å². The van der Waals surface area contributed by atoms with Crippen LogP contribution >= 0.6 is 11.8 Å². The lowest BCUT2D eigenvalue weighted by Gasteiger charge is -2.23. The van der Waals surface area contributed by atoms with Gasteiger partial charge >= 0.3 is 0 Å². The number of nitrogens with one attached hydrogen (secondary N) is 1. The number of carbonyl (C=O) groups is 1. The Balaban J connectivity index is 1.37. The van der Waals surface area contributed by atoms with E-state index in [2.05, 4.69) is 15.5 Å². The summed E-state index contributed by atoms with van der Waals surface area (Å²) in [5.41, 5.74) is 1.03. The van der Waals surface area contributed by atoms with Crippen molar-refractivity contribution >= 4 is 23.4 Å². The molecule has 4 rings (SSSR count). The van der Waals surface area contributed by atoms with Gasteiger partial charge in [0.2, 0.25) is 12.0 Å². The number of carbonyl (C=O) groups excluding carboxylic acids is 1. The highest BCUT2D eigenvalue weighted by atomic mass is 32.2. The molecule has 1 aromatic heterocycles. The Hall–Kier alpha value is -3.51. The minimum Gasteiger partial charge on any atom is -0.485 e. The molecule has 0 saturated carbocycles. The summed E-state index contributed by atoms with van der Waals surface area (Å²) in [5, 5.41) is 19.5. The number of thioether (sulfide) groups is 1. The van der Waals surface area contributed by atoms with E-state index in [1.54, 1.807) is 37.3 Å². The van der Waals surface area contributed by atoms with Crippen molar-refractivity contribution < 1.29 is 18.7 Å². The predicted molar refractivity (Wildman–Crippen MR) is 105 cm³/mol. The highest BCUT2D eigenvalue weighted by Gasteiger charge is 2.28. The molecule has 146 valence electrons. The number of amides is 1. The Bertz CT molecular complexity index is 1080. The molecule has 2 aromatic carbocycles. The molecule has 0 spiro atoms. The lowest BCUT2D eigenvalue weighted by molar-refractivity contribution is -0.115. The Morgan fingerprint density at radius 3 is 2.90 bits per heavy atom. The molecule has 0 aliphatic carbocycles. The average molecular weight is 408 g/mol. The summed E-state index contributed by atoms with van der Waals surface area (Å²) < 4.78 is 17.2. The molecule has 0 saturated heterocycles. The second kappa shape index (κ2) is 8.24. The largest absolute Gasteiger partial charge is 0.485 e. The number of hydrogen-bond acceptors (Lipinski definition) is 8. The van der Waals surface area contributed by atoms with Crippen LogP contribution in [0.15, 0.2) is 58.2 Å². The third kappa shape index (κ3) is 4.33. The molecule has 3 aromatic rings. The van der Waals surface area contributed by atoms with Gasteiger partial charge in [-0.1, -0.05) is 30.0 Å². The average Bonchev–Trinajstić information content (AvgIpc) is 3.22. The minimum absolute atomic E-state index is 0.240. The van der Waals surface area contributed by atoms with Crippen LogP contribution in [0.25, 0.3) is 0 Å². The molecular weight excluding hydrogens is 392 g/mol. The third-order valence-electron chi connectivity index (χ3n) is 4.11. The monoisotopic (exact) mass is 408 g/mol. The molecule has 2 atom stereocenters. The van der Waals surface area contributed by atoms with Gasteiger partial charge in [0.15, 0.2) is 11.5 Å². The lowest BCUT2D eigenvalue weighted by atomic mass is 10.2. The molecule has 1 N–H and O–H groups in total. The summed E-state index contributed by atoms with van der Waals surface area (Å²) in [7, 11) is 0. The van der Waals surface area contributed by atoms with Gasteiger partial charge in [-0.05, 0) is 37.3 Å². The van der Waals surface area contributed by atoms with Crippen molar-refractivity contribution in [1.29, 1.82) is 5.26 Å². The van der Waals surface area contributed by atoms with Crippen molar-refractivity contribution in [2.45, 2.75) is 23.5 Å². The highest BCUT2D eigenvalue weighted by molar-refractivity contribution is 8.00. The number of fused-ring (bicyclic) bond motifs is 1. The van der Waals surface area contributed by atoms with Crippen molar-refractivity contribution in [2.24, 2.45) is 0 Å². The molecule has 29 heavy (non-hydrogen) atoms. The topological polar surface area (TPSA) is 110 Å². The summed E-state index contributed by atoms with van der Waals surface area (Å²) in [6.45, 7) is 1.99. The standard InChI is InChI=1S/C20H16N4O4S/c1-12(18(25)22-14-6-4-5-13(9-14)10-21)29-20-24-23-19(28-20)17-11-26-15-7-2-3-8-16(15)27-17/h2-9,12,17H,11H2,1H3,(H,22,25)/t12-,17+/m0/s1. The van der Waals surface area contributed by atoms with Gasteiger partial charge in [0.25, 0.3) is 11.1 Å². The molecule has 0 unspecified atom stereocenters. The number of nitriles is 1. The molecule has 2 heterocycles. The molecule has 1 aliphatic heterocycles. The third-order valence-corrected chi connectivity index (χ3v) is 5.05. The van der Waals surface area contributed by atoms with E-state index in [1.807, 2.05) is 24.3 Å². The molecule has 0 bridgehead atoms. The Morgan fingerprint density at radius 2 is 2.07 bits per heavy atom. The zero-order chi connectivity index (χ0) is 20.2. The normalized spacial score (nSPS) is 15.9. The first-order valence-electron chi connectivity index (χ1n) is 8.82. The number of hydrogen-bond donors (Lipinski definition) is 1. The van der Waals surface area contributed by atoms with Crippen LogP contribution in [0, 0.1) is 11.3 Å². The Kier molecular flexibility index (Phi) is 5.35. The van der Waals surface area contributed by atoms with Crippen molar-refractivity contribution in [2.75, 3.05) is 11.9 Å². The van der Waals surface area contributed by atoms with Crippen LogP contribution in [0.5, 0.6) is 11.5 Å². The fourth-order valence-electron chi connectivity index (χ4n) is 2.65. The van der Waals surface area contributed by atoms with E-state index in [1.165, 1.54) is 0 Å². The number of rotatable bonds is 5. The van der Waals surface area contributed by atoms with Crippen molar-refractivity contribution in [3.63, 3.8) is 0 Å². The first-order chi connectivity index (χ1) is 14.1. The number of para-hydroxylation sites is 2. The first kappa shape index (κ1) is 18.8. The summed E-state index contributed by atoms with van der Waals surface area (Å²) in [6.07, 6.45) is -0.510. The highest BCUT2D eigenvalue weighted by Crippen LogP contribution is 2.36. The SMILES string of the molecule is C[C@H](Sc1nnc([C@H]2COc3ccccc3O2)o1)C(=O)Nc1cccc(C#N)c1. The van der Waals surface area contributed by atoms with Crippen LogP contribution in [-0.2, 0) is 4.79 Å². The zero-order valence-corrected chi connectivity index (χ0v) is 16.2. The van der Waals surface area contributed by atoms with Gasteiger partial charge in [-0.25, -0.2) is 0 Å². The smallest absolute Gasteiger partial charge is 0.277 e. The molecular formula is C20H16N4O4S. The predicted octanol–water partition coefficient (Wildman–Crippen LogP) is 3.57. The molecule has 1 aliphatic rings. The van der Waals surface area contributed by atoms with E-state index < -0.39 is 11.4 Å². The van der Waals surface area contributed by atoms with Gasteiger partial charge in [0.05, 0.1) is 16.9 Å². The van der Waals surface area contributed by atoms with Gasteiger partial charge in [-0.2, -0.15) is 5.26 Å². The van der Waals surface area contributed by atoms with Crippen molar-refractivity contribution in [3.8, 4) is 17.6 Å². The maximum Gasteiger partial charge on any atom is 0.277 e. The van der Waals surface area contributed by atoms with E-state index in [-0.39, 0.29) is 23.6 Å². The van der Waals surface area contributed by atoms with Crippen LogP contribution in [0.4, 0.5) is 5.69 Å². The van der Waals surface area contributed by atoms with E-state index in [0.717, 1.165) is 11.8 Å². The lowest BCUT2D eigenvalue weighted by Crippen LogP contribution is -2.22. The first-order valence-corrected chi connectivity index (χ1v) is 9.70. The molecule has 1 amide bonds. The van der Waals surface area contributed by atoms with Crippen LogP contribution in [0.2, 0.25) is 0 Å². The van der Waals surface area contributed by atoms with Gasteiger partial charge in [0, 0.05) is 5.69 Å². The van der Waals surface area contributed by atoms with Gasteiger partial charge in [0.1, 0.15) is 6.61 Å². The van der Waals surface area contributed by atoms with Crippen LogP contribution < -0.4 is 14.8 Å². The quantitative estimate of drug-likeness (QED) is 0.638. The maximum atomic E-state index is 12.4. The van der Waals surface area contributed by atoms with Crippen LogP contribution in [0.3, 0.4) is 0 Å². The molecule has 0 fully saturated rings. The summed E-state index contributed by atoms with van der Waals surface area (Å²) >= 11 is 1.14. The summed E-state index contributed by atoms with van der Waals surface area (Å²) in [5.74, 6) is 1.33. The molecule has 9 heteroatoms. The second-order valence-electron chi connectivity index (χ2n) is 6.21. The zero-order valence-electron chi connectivity index (χ0n) is 15.4. The number of benzene rings is 2. The molecule has 8 nitrogen and oxygen atoms in total. The Morgan fingerprint density at radius 1 is 1.24 bits per heavy atom. The Labute approximate surface area is 170 Å². The van der Waals surface area contributed by atoms with E-state index >= 15 is 0 Å². The van der Waals surface area contributed by atoms with E-state index in [0.29, 0.717) is 22.7 Å². The summed E-state index contributed by atoms with van der Waals surface area (Å²) in [6, 6.07) is 16.1. The van der Waals surface area contributed by atoms with Crippen LogP contribution in [-0.4, -0.2) is 28.0 Å². The van der Waals surface area contributed by atoms with Gasteiger partial charge in [-0.3, -0.25) is 4.79 Å². The number of anilines is 1. The van der Waals surface area contributed by atoms with E-state index in [4.69, 9.17) is 19.2 Å². The fraction of sp³-hybridized carbons (Fsp3) is 0.200. The molecule has 0 radical (unpaired) electrons. The van der Waals surface area contributed by atoms with Gasteiger partial charge < -0.3 is 19.2 Å². The fourth-order valence-corrected chi connectivity index (χ4v) is 3.34. The summed E-state index contributed by atoms with van der Waals surface area (Å²) in [4.78, 5) is 12.4. The second-order valence-corrected chi connectivity index (χ2v) is 7.50. The number of aromatic nitrogens is 2. The maximum absolute atomic E-state index is 12.4. The van der Waals surface area contributed by atoms with Crippen LogP contribution in [0.1, 0.15) is 24.5 Å².